The highest BCUT2D eigenvalue weighted by molar-refractivity contribution is 5.57. The van der Waals surface area contributed by atoms with Crippen LogP contribution in [0.5, 0.6) is 0 Å². The van der Waals surface area contributed by atoms with Gasteiger partial charge in [0.25, 0.3) is 0 Å². The molecule has 0 unspecified atom stereocenters. The Hall–Kier alpha value is -1.40. The second-order valence-electron chi connectivity index (χ2n) is 4.61. The molecule has 0 atom stereocenters. The van der Waals surface area contributed by atoms with E-state index in [2.05, 4.69) is 27.6 Å². The number of nitrogens with zero attached hydrogens (tertiary/aromatic N) is 2. The number of nitrogens with one attached hydrogen (secondary N) is 2. The van der Waals surface area contributed by atoms with E-state index >= 15 is 0 Å². The molecule has 1 aromatic rings. The zero-order valence-corrected chi connectivity index (χ0v) is 10.6. The van der Waals surface area contributed by atoms with Crippen LogP contribution in [0.3, 0.4) is 0 Å². The summed E-state index contributed by atoms with van der Waals surface area (Å²) in [5.74, 6) is 6.77. The monoisotopic (exact) mass is 239 g/mol. The molecular formula is C11H21N5O. The highest BCUT2D eigenvalue weighted by Crippen LogP contribution is 2.23. The molecule has 17 heavy (non-hydrogen) atoms. The molecule has 0 aliphatic rings. The Balaban J connectivity index is 3.05. The standard InChI is InChI=1S/C11H21N5O/c1-4-5-8-9(15-11(2,3)6-17)13-7-14-10(8)16-12/h7,17H,4-6,12H2,1-3H3,(H2,13,14,15,16). The van der Waals surface area contributed by atoms with Gasteiger partial charge in [0.05, 0.1) is 12.1 Å². The molecule has 0 radical (unpaired) electrons. The predicted molar refractivity (Wildman–Crippen MR) is 68.6 cm³/mol. The van der Waals surface area contributed by atoms with Crippen molar-refractivity contribution in [2.24, 2.45) is 5.84 Å². The van der Waals surface area contributed by atoms with Gasteiger partial charge in [-0.2, -0.15) is 0 Å². The van der Waals surface area contributed by atoms with Crippen molar-refractivity contribution >= 4 is 11.6 Å². The van der Waals surface area contributed by atoms with Crippen LogP contribution in [-0.2, 0) is 6.42 Å². The van der Waals surface area contributed by atoms with Crippen LogP contribution in [0, 0.1) is 0 Å². The van der Waals surface area contributed by atoms with E-state index in [0.717, 1.165) is 18.4 Å². The second-order valence-corrected chi connectivity index (χ2v) is 4.61. The summed E-state index contributed by atoms with van der Waals surface area (Å²) >= 11 is 0. The Morgan fingerprint density at radius 1 is 1.35 bits per heavy atom. The molecule has 0 aliphatic heterocycles. The molecule has 0 bridgehead atoms. The average molecular weight is 239 g/mol. The van der Waals surface area contributed by atoms with Gasteiger partial charge >= 0.3 is 0 Å². The summed E-state index contributed by atoms with van der Waals surface area (Å²) < 4.78 is 0. The van der Waals surface area contributed by atoms with E-state index in [1.54, 1.807) is 0 Å². The van der Waals surface area contributed by atoms with Crippen LogP contribution in [0.2, 0.25) is 0 Å². The number of aromatic nitrogens is 2. The number of hydrogen-bond donors (Lipinski definition) is 4. The maximum atomic E-state index is 9.26. The summed E-state index contributed by atoms with van der Waals surface area (Å²) in [6.07, 6.45) is 3.24. The van der Waals surface area contributed by atoms with Gasteiger partial charge in [-0.1, -0.05) is 13.3 Å². The van der Waals surface area contributed by atoms with Gasteiger partial charge in [-0.25, -0.2) is 15.8 Å². The minimum absolute atomic E-state index is 0.0218. The number of anilines is 2. The molecule has 6 heteroatoms. The zero-order valence-electron chi connectivity index (χ0n) is 10.6. The molecule has 0 saturated carbocycles. The van der Waals surface area contributed by atoms with E-state index < -0.39 is 5.54 Å². The third-order valence-corrected chi connectivity index (χ3v) is 2.43. The van der Waals surface area contributed by atoms with E-state index in [4.69, 9.17) is 5.84 Å². The quantitative estimate of drug-likeness (QED) is 0.435. The van der Waals surface area contributed by atoms with Crippen molar-refractivity contribution in [1.82, 2.24) is 9.97 Å². The van der Waals surface area contributed by atoms with Crippen molar-refractivity contribution < 1.29 is 5.11 Å². The summed E-state index contributed by atoms with van der Waals surface area (Å²) in [6.45, 7) is 5.91. The van der Waals surface area contributed by atoms with E-state index in [1.807, 2.05) is 13.8 Å². The molecule has 6 nitrogen and oxygen atoms in total. The molecule has 0 aromatic carbocycles. The number of hydrazine groups is 1. The Bertz CT molecular complexity index is 367. The smallest absolute Gasteiger partial charge is 0.148 e. The summed E-state index contributed by atoms with van der Waals surface area (Å²) in [6, 6.07) is 0. The predicted octanol–water partition coefficient (Wildman–Crippen LogP) is 0.898. The number of hydrogen-bond acceptors (Lipinski definition) is 6. The third-order valence-electron chi connectivity index (χ3n) is 2.43. The molecule has 0 fully saturated rings. The van der Waals surface area contributed by atoms with Crippen molar-refractivity contribution in [3.8, 4) is 0 Å². The first kappa shape index (κ1) is 13.7. The fourth-order valence-corrected chi connectivity index (χ4v) is 1.49. The minimum Gasteiger partial charge on any atom is -0.394 e. The lowest BCUT2D eigenvalue weighted by molar-refractivity contribution is 0.233. The average Bonchev–Trinajstić information content (AvgIpc) is 2.31. The Morgan fingerprint density at radius 3 is 2.53 bits per heavy atom. The first-order chi connectivity index (χ1) is 8.04. The van der Waals surface area contributed by atoms with Crippen LogP contribution in [0.15, 0.2) is 6.33 Å². The molecule has 0 amide bonds. The normalized spacial score (nSPS) is 11.4. The van der Waals surface area contributed by atoms with Crippen LogP contribution in [0.25, 0.3) is 0 Å². The molecule has 96 valence electrons. The van der Waals surface area contributed by atoms with Crippen molar-refractivity contribution in [2.45, 2.75) is 39.2 Å². The molecule has 1 heterocycles. The lowest BCUT2D eigenvalue weighted by Gasteiger charge is -2.26. The zero-order chi connectivity index (χ0) is 12.9. The fourth-order valence-electron chi connectivity index (χ4n) is 1.49. The third kappa shape index (κ3) is 3.54. The van der Waals surface area contributed by atoms with Gasteiger partial charge < -0.3 is 15.8 Å². The second kappa shape index (κ2) is 5.79. The van der Waals surface area contributed by atoms with Crippen LogP contribution < -0.4 is 16.6 Å². The van der Waals surface area contributed by atoms with Crippen LogP contribution in [0.1, 0.15) is 32.8 Å². The molecule has 5 N–H and O–H groups in total. The molecule has 0 spiro atoms. The van der Waals surface area contributed by atoms with Crippen LogP contribution >= 0.6 is 0 Å². The van der Waals surface area contributed by atoms with E-state index in [-0.39, 0.29) is 6.61 Å². The van der Waals surface area contributed by atoms with Gasteiger partial charge in [-0.15, -0.1) is 0 Å². The van der Waals surface area contributed by atoms with E-state index in [1.165, 1.54) is 6.33 Å². The van der Waals surface area contributed by atoms with E-state index in [9.17, 15) is 5.11 Å². The first-order valence-corrected chi connectivity index (χ1v) is 5.73. The van der Waals surface area contributed by atoms with Crippen molar-refractivity contribution in [3.05, 3.63) is 11.9 Å². The van der Waals surface area contributed by atoms with Crippen LogP contribution in [0.4, 0.5) is 11.6 Å². The Kier molecular flexibility index (Phi) is 4.65. The number of nitrogen functional groups attached to an aromatic ring is 1. The maximum Gasteiger partial charge on any atom is 0.148 e. The highest BCUT2D eigenvalue weighted by Gasteiger charge is 2.19. The van der Waals surface area contributed by atoms with Gasteiger partial charge in [0.15, 0.2) is 0 Å². The summed E-state index contributed by atoms with van der Waals surface area (Å²) in [5, 5.41) is 12.5. The van der Waals surface area contributed by atoms with Gasteiger partial charge in [0, 0.05) is 5.56 Å². The molecular weight excluding hydrogens is 218 g/mol. The van der Waals surface area contributed by atoms with E-state index in [0.29, 0.717) is 11.6 Å². The molecule has 0 saturated heterocycles. The van der Waals surface area contributed by atoms with Gasteiger partial charge in [0.2, 0.25) is 0 Å². The lowest BCUT2D eigenvalue weighted by atomic mass is 10.1. The van der Waals surface area contributed by atoms with Gasteiger partial charge in [0.1, 0.15) is 18.0 Å². The van der Waals surface area contributed by atoms with Crippen molar-refractivity contribution in [2.75, 3.05) is 17.3 Å². The first-order valence-electron chi connectivity index (χ1n) is 5.73. The molecule has 1 aromatic heterocycles. The SMILES string of the molecule is CCCc1c(NN)ncnc1NC(C)(C)CO. The number of rotatable bonds is 6. The number of nitrogens with two attached hydrogens (primary N) is 1. The Labute approximate surface area is 102 Å². The fraction of sp³-hybridized carbons (Fsp3) is 0.636. The lowest BCUT2D eigenvalue weighted by Crippen LogP contribution is -2.36. The molecule has 0 aliphatic carbocycles. The van der Waals surface area contributed by atoms with Crippen molar-refractivity contribution in [3.63, 3.8) is 0 Å². The summed E-state index contributed by atoms with van der Waals surface area (Å²) in [5.41, 5.74) is 3.09. The number of aliphatic hydroxyl groups is 1. The maximum absolute atomic E-state index is 9.26. The van der Waals surface area contributed by atoms with Crippen molar-refractivity contribution in [1.29, 1.82) is 0 Å². The topological polar surface area (TPSA) is 96.1 Å². The minimum atomic E-state index is -0.428. The molecule has 1 rings (SSSR count). The largest absolute Gasteiger partial charge is 0.394 e. The van der Waals surface area contributed by atoms with Gasteiger partial charge in [-0.05, 0) is 20.3 Å². The summed E-state index contributed by atoms with van der Waals surface area (Å²) in [7, 11) is 0. The van der Waals surface area contributed by atoms with Crippen LogP contribution in [-0.4, -0.2) is 27.2 Å². The number of aliphatic hydroxyl groups excluding tert-OH is 1. The Morgan fingerprint density at radius 2 is 2.00 bits per heavy atom. The summed E-state index contributed by atoms with van der Waals surface area (Å²) in [4.78, 5) is 8.29. The highest BCUT2D eigenvalue weighted by atomic mass is 16.3. The van der Waals surface area contributed by atoms with Gasteiger partial charge in [-0.3, -0.25) is 0 Å².